The van der Waals surface area contributed by atoms with Crippen molar-refractivity contribution in [3.63, 3.8) is 0 Å². The molecule has 37 heavy (non-hydrogen) atoms. The average Bonchev–Trinajstić information content (AvgIpc) is 3.15. The van der Waals surface area contributed by atoms with Gasteiger partial charge in [-0.05, 0) is 73.5 Å². The second-order valence-electron chi connectivity index (χ2n) is 12.5. The van der Waals surface area contributed by atoms with Crippen molar-refractivity contribution in [2.75, 3.05) is 0 Å². The summed E-state index contributed by atoms with van der Waals surface area (Å²) in [5.74, 6) is 0.506. The summed E-state index contributed by atoms with van der Waals surface area (Å²) in [6.07, 6.45) is 2.41. The normalized spacial score (nSPS) is 27.1. The number of hydrogen-bond acceptors (Lipinski definition) is 4. The third-order valence-electron chi connectivity index (χ3n) is 8.96. The highest BCUT2D eigenvalue weighted by Gasteiger charge is 2.72. The molecule has 200 valence electrons. The highest BCUT2D eigenvalue weighted by molar-refractivity contribution is 6.70. The number of hydrogen-bond donors (Lipinski definition) is 1. The van der Waals surface area contributed by atoms with E-state index in [0.717, 1.165) is 30.4 Å². The zero-order valence-corrected chi connectivity index (χ0v) is 24.7. The van der Waals surface area contributed by atoms with Gasteiger partial charge >= 0.3 is 6.09 Å². The van der Waals surface area contributed by atoms with Crippen molar-refractivity contribution in [1.82, 2.24) is 5.32 Å². The summed E-state index contributed by atoms with van der Waals surface area (Å²) in [5.41, 5.74) is 0.589. The predicted octanol–water partition coefficient (Wildman–Crippen LogP) is 7.70. The summed E-state index contributed by atoms with van der Waals surface area (Å²) >= 11 is 6.14. The molecule has 0 aromatic heterocycles. The molecule has 2 aromatic carbocycles. The number of ketones is 1. The van der Waals surface area contributed by atoms with E-state index in [1.807, 2.05) is 42.5 Å². The standard InChI is InChI=1S/C30H40ClNO4Si/c1-28(2)23-16-17-29(28,3)30(19-23,36-37(4,5)6)26(33)18-25(22-12-14-24(31)15-13-22)32-27(34)35-20-21-10-8-7-9-11-21/h7-15,23,25H,16-20H2,1-6H3,(H,32,34)/t23-,25-,29-,30-/m1/s1. The Morgan fingerprint density at radius 1 is 1.05 bits per heavy atom. The Bertz CT molecular complexity index is 1130. The van der Waals surface area contributed by atoms with Crippen LogP contribution in [0.5, 0.6) is 0 Å². The molecule has 2 fully saturated rings. The Kier molecular flexibility index (Phi) is 7.68. The highest BCUT2D eigenvalue weighted by atomic mass is 35.5. The van der Waals surface area contributed by atoms with E-state index in [0.29, 0.717) is 10.9 Å². The minimum Gasteiger partial charge on any atom is -0.445 e. The van der Waals surface area contributed by atoms with E-state index >= 15 is 0 Å². The number of rotatable bonds is 9. The lowest BCUT2D eigenvalue weighted by Crippen LogP contribution is -2.59. The number of ether oxygens (including phenoxy) is 1. The number of Topliss-reactive ketones (excluding diaryl/α,β-unsaturated/α-hetero) is 1. The third kappa shape index (κ3) is 5.38. The van der Waals surface area contributed by atoms with E-state index in [4.69, 9.17) is 20.8 Å². The lowest BCUT2D eigenvalue weighted by atomic mass is 9.62. The molecule has 4 atom stereocenters. The van der Waals surface area contributed by atoms with Gasteiger partial charge in [0.25, 0.3) is 0 Å². The molecule has 0 radical (unpaired) electrons. The summed E-state index contributed by atoms with van der Waals surface area (Å²) in [6, 6.07) is 16.3. The number of benzene rings is 2. The lowest BCUT2D eigenvalue weighted by molar-refractivity contribution is -0.152. The molecular formula is C30H40ClNO4Si. The molecule has 5 nitrogen and oxygen atoms in total. The maximum atomic E-state index is 14.4. The van der Waals surface area contributed by atoms with Gasteiger partial charge in [0.2, 0.25) is 0 Å². The molecular weight excluding hydrogens is 502 g/mol. The summed E-state index contributed by atoms with van der Waals surface area (Å²) in [6.45, 7) is 13.5. The van der Waals surface area contributed by atoms with Crippen LogP contribution in [0.15, 0.2) is 54.6 Å². The monoisotopic (exact) mass is 541 g/mol. The Hall–Kier alpha value is -2.15. The summed E-state index contributed by atoms with van der Waals surface area (Å²) in [7, 11) is -2.07. The van der Waals surface area contributed by atoms with Gasteiger partial charge in [-0.2, -0.15) is 0 Å². The van der Waals surface area contributed by atoms with E-state index < -0.39 is 26.1 Å². The zero-order chi connectivity index (χ0) is 27.1. The third-order valence-corrected chi connectivity index (χ3v) is 10.2. The molecule has 1 amide bonds. The van der Waals surface area contributed by atoms with Gasteiger partial charge < -0.3 is 14.5 Å². The summed E-state index contributed by atoms with van der Waals surface area (Å²) in [4.78, 5) is 27.3. The first-order chi connectivity index (χ1) is 17.3. The molecule has 2 aromatic rings. The van der Waals surface area contributed by atoms with E-state index in [2.05, 4.69) is 45.7 Å². The fourth-order valence-corrected chi connectivity index (χ4v) is 8.20. The number of alkyl carbamates (subject to hydrolysis) is 1. The summed E-state index contributed by atoms with van der Waals surface area (Å²) < 4.78 is 12.4. The maximum absolute atomic E-state index is 14.4. The van der Waals surface area contributed by atoms with Crippen molar-refractivity contribution in [2.24, 2.45) is 16.7 Å². The Balaban J connectivity index is 1.60. The molecule has 0 unspecified atom stereocenters. The first-order valence-electron chi connectivity index (χ1n) is 13.2. The average molecular weight is 542 g/mol. The van der Waals surface area contributed by atoms with Gasteiger partial charge in [-0.3, -0.25) is 4.79 Å². The molecule has 0 heterocycles. The van der Waals surface area contributed by atoms with Gasteiger partial charge in [-0.25, -0.2) is 4.79 Å². The van der Waals surface area contributed by atoms with Gasteiger partial charge in [-0.1, -0.05) is 74.8 Å². The molecule has 2 aliphatic carbocycles. The first kappa shape index (κ1) is 27.9. The number of nitrogens with one attached hydrogen (secondary N) is 1. The van der Waals surface area contributed by atoms with E-state index in [-0.39, 0.29) is 29.6 Å². The largest absolute Gasteiger partial charge is 0.445 e. The fourth-order valence-electron chi connectivity index (χ4n) is 6.61. The second kappa shape index (κ2) is 10.2. The number of carbonyl (C=O) groups is 2. The van der Waals surface area contributed by atoms with Crippen LogP contribution < -0.4 is 5.32 Å². The van der Waals surface area contributed by atoms with E-state index in [1.54, 1.807) is 12.1 Å². The van der Waals surface area contributed by atoms with Gasteiger partial charge in [0.15, 0.2) is 14.1 Å². The van der Waals surface area contributed by atoms with E-state index in [9.17, 15) is 9.59 Å². The maximum Gasteiger partial charge on any atom is 0.407 e. The van der Waals surface area contributed by atoms with Gasteiger partial charge in [-0.15, -0.1) is 0 Å². The molecule has 1 N–H and O–H groups in total. The van der Waals surface area contributed by atoms with Crippen LogP contribution >= 0.6 is 11.6 Å². The molecule has 2 saturated carbocycles. The second-order valence-corrected chi connectivity index (χ2v) is 17.3. The van der Waals surface area contributed by atoms with Gasteiger partial charge in [0.1, 0.15) is 12.2 Å². The SMILES string of the molecule is CC1(C)[C@@H]2CC[C@@]1(C)[C@](O[Si](C)(C)C)(C(=O)C[C@@H](NC(=O)OCc1ccccc1)c1ccc(Cl)cc1)C2. The molecule has 2 aliphatic rings. The zero-order valence-electron chi connectivity index (χ0n) is 22.9. The Morgan fingerprint density at radius 3 is 2.24 bits per heavy atom. The quantitative estimate of drug-likeness (QED) is 0.330. The van der Waals surface area contributed by atoms with Crippen LogP contribution in [-0.4, -0.2) is 25.8 Å². The smallest absolute Gasteiger partial charge is 0.407 e. The highest BCUT2D eigenvalue weighted by Crippen LogP contribution is 2.71. The van der Waals surface area contributed by atoms with Crippen molar-refractivity contribution < 1.29 is 18.8 Å². The van der Waals surface area contributed by atoms with Gasteiger partial charge in [0.05, 0.1) is 6.04 Å². The van der Waals surface area contributed by atoms with Crippen molar-refractivity contribution in [2.45, 2.75) is 84.3 Å². The minimum atomic E-state index is -2.07. The Labute approximate surface area is 227 Å². The van der Waals surface area contributed by atoms with Crippen LogP contribution in [0.4, 0.5) is 4.79 Å². The number of carbonyl (C=O) groups excluding carboxylic acids is 2. The van der Waals surface area contributed by atoms with Crippen molar-refractivity contribution in [3.8, 4) is 0 Å². The van der Waals surface area contributed by atoms with Crippen LogP contribution in [0.3, 0.4) is 0 Å². The minimum absolute atomic E-state index is 0.000121. The van der Waals surface area contributed by atoms with Crippen LogP contribution in [0.1, 0.15) is 63.6 Å². The molecule has 2 bridgehead atoms. The fraction of sp³-hybridized carbons (Fsp3) is 0.533. The van der Waals surface area contributed by atoms with Crippen molar-refractivity contribution in [3.05, 3.63) is 70.7 Å². The summed E-state index contributed by atoms with van der Waals surface area (Å²) in [5, 5.41) is 3.56. The molecule has 0 saturated heterocycles. The molecule has 7 heteroatoms. The van der Waals surface area contributed by atoms with Crippen molar-refractivity contribution >= 4 is 31.8 Å². The van der Waals surface area contributed by atoms with Crippen LogP contribution in [0.2, 0.25) is 24.7 Å². The van der Waals surface area contributed by atoms with Gasteiger partial charge in [0, 0.05) is 16.9 Å². The number of halogens is 1. The topological polar surface area (TPSA) is 64.6 Å². The number of amides is 1. The van der Waals surface area contributed by atoms with Crippen LogP contribution in [0, 0.1) is 16.7 Å². The lowest BCUT2D eigenvalue weighted by Gasteiger charge is -2.50. The van der Waals surface area contributed by atoms with E-state index in [1.165, 1.54) is 0 Å². The van der Waals surface area contributed by atoms with Crippen LogP contribution in [-0.2, 0) is 20.6 Å². The molecule has 4 rings (SSSR count). The predicted molar refractivity (Wildman–Crippen MR) is 150 cm³/mol. The number of fused-ring (bicyclic) bond motifs is 2. The van der Waals surface area contributed by atoms with Crippen molar-refractivity contribution in [1.29, 1.82) is 0 Å². The van der Waals surface area contributed by atoms with Crippen LogP contribution in [0.25, 0.3) is 0 Å². The Morgan fingerprint density at radius 2 is 1.70 bits per heavy atom. The molecule has 0 aliphatic heterocycles. The molecule has 0 spiro atoms. The first-order valence-corrected chi connectivity index (χ1v) is 17.0.